The molecule has 0 saturated carbocycles. The first-order chi connectivity index (χ1) is 11.9. The molecule has 0 aromatic rings. The summed E-state index contributed by atoms with van der Waals surface area (Å²) in [6, 6.07) is 0.837. The summed E-state index contributed by atoms with van der Waals surface area (Å²) < 4.78 is 0. The van der Waals surface area contributed by atoms with Crippen molar-refractivity contribution in [2.45, 2.75) is 59.0 Å². The summed E-state index contributed by atoms with van der Waals surface area (Å²) in [5.74, 6) is 0.404. The Balaban J connectivity index is 1.63. The van der Waals surface area contributed by atoms with E-state index in [1.165, 1.54) is 0 Å². The maximum Gasteiger partial charge on any atom is 0.223 e. The third-order valence-electron chi connectivity index (χ3n) is 5.50. The number of nitrogens with zero attached hydrogens (tertiary/aromatic N) is 3. The number of likely N-dealkylation sites (tertiary alicyclic amines) is 1. The predicted molar refractivity (Wildman–Crippen MR) is 100 cm³/mol. The SMILES string of the molecule is CC(C)C(=O)NC1CCN(C(=O)CCN2CCN(C(C)C)CC2)CC1. The molecule has 2 aliphatic heterocycles. The Bertz CT molecular complexity index is 437. The number of piperazine rings is 1. The Hall–Kier alpha value is -1.14. The summed E-state index contributed by atoms with van der Waals surface area (Å²) >= 11 is 0. The number of carbonyl (C=O) groups is 2. The van der Waals surface area contributed by atoms with Crippen LogP contribution in [0, 0.1) is 5.92 Å². The van der Waals surface area contributed by atoms with Crippen LogP contribution in [0.5, 0.6) is 0 Å². The molecule has 0 radical (unpaired) electrons. The Kier molecular flexibility index (Phi) is 7.69. The monoisotopic (exact) mass is 352 g/mol. The molecule has 0 atom stereocenters. The van der Waals surface area contributed by atoms with E-state index >= 15 is 0 Å². The first-order valence-corrected chi connectivity index (χ1v) is 9.91. The van der Waals surface area contributed by atoms with Crippen molar-refractivity contribution in [3.8, 4) is 0 Å². The molecule has 0 aromatic heterocycles. The molecule has 0 unspecified atom stereocenters. The van der Waals surface area contributed by atoms with E-state index in [0.29, 0.717) is 12.5 Å². The van der Waals surface area contributed by atoms with Gasteiger partial charge in [-0.05, 0) is 26.7 Å². The van der Waals surface area contributed by atoms with Crippen LogP contribution < -0.4 is 5.32 Å². The predicted octanol–water partition coefficient (Wildman–Crippen LogP) is 1.17. The van der Waals surface area contributed by atoms with Gasteiger partial charge in [0, 0.05) is 70.2 Å². The van der Waals surface area contributed by atoms with Crippen LogP contribution in [0.3, 0.4) is 0 Å². The summed E-state index contributed by atoms with van der Waals surface area (Å²) in [6.07, 6.45) is 2.36. The average molecular weight is 353 g/mol. The Labute approximate surface area is 152 Å². The number of carbonyl (C=O) groups excluding carboxylic acids is 2. The van der Waals surface area contributed by atoms with Gasteiger partial charge in [-0.2, -0.15) is 0 Å². The van der Waals surface area contributed by atoms with E-state index in [1.54, 1.807) is 0 Å². The van der Waals surface area contributed by atoms with Crippen LogP contribution in [0.2, 0.25) is 0 Å². The summed E-state index contributed by atoms with van der Waals surface area (Å²) in [5.41, 5.74) is 0. The van der Waals surface area contributed by atoms with Crippen molar-refractivity contribution in [3.63, 3.8) is 0 Å². The molecule has 2 fully saturated rings. The molecule has 2 rings (SSSR count). The second-order valence-corrected chi connectivity index (χ2v) is 8.04. The van der Waals surface area contributed by atoms with Gasteiger partial charge in [0.15, 0.2) is 0 Å². The van der Waals surface area contributed by atoms with E-state index in [2.05, 4.69) is 29.0 Å². The fourth-order valence-corrected chi connectivity index (χ4v) is 3.56. The molecule has 2 amide bonds. The zero-order chi connectivity index (χ0) is 18.4. The number of hydrogen-bond acceptors (Lipinski definition) is 4. The van der Waals surface area contributed by atoms with Gasteiger partial charge in [-0.25, -0.2) is 0 Å². The average Bonchev–Trinajstić information content (AvgIpc) is 2.60. The van der Waals surface area contributed by atoms with Crippen LogP contribution >= 0.6 is 0 Å². The molecule has 0 aromatic carbocycles. The third kappa shape index (κ3) is 6.26. The highest BCUT2D eigenvalue weighted by molar-refractivity contribution is 5.78. The van der Waals surface area contributed by atoms with Crippen molar-refractivity contribution in [1.82, 2.24) is 20.0 Å². The topological polar surface area (TPSA) is 55.9 Å². The lowest BCUT2D eigenvalue weighted by Crippen LogP contribution is -2.50. The van der Waals surface area contributed by atoms with Crippen molar-refractivity contribution in [2.75, 3.05) is 45.8 Å². The number of piperidine rings is 1. The Morgan fingerprint density at radius 1 is 0.960 bits per heavy atom. The molecule has 0 aliphatic carbocycles. The van der Waals surface area contributed by atoms with Crippen molar-refractivity contribution in [1.29, 1.82) is 0 Å². The minimum atomic E-state index is 0.0239. The van der Waals surface area contributed by atoms with Crippen LogP contribution in [-0.2, 0) is 9.59 Å². The standard InChI is InChI=1S/C19H36N4O2/c1-15(2)19(25)20-17-5-9-23(10-6-17)18(24)7-8-21-11-13-22(14-12-21)16(3)4/h15-17H,5-14H2,1-4H3,(H,20,25). The van der Waals surface area contributed by atoms with Gasteiger partial charge < -0.3 is 15.1 Å². The van der Waals surface area contributed by atoms with Crippen LogP contribution in [-0.4, -0.2) is 84.4 Å². The van der Waals surface area contributed by atoms with Gasteiger partial charge in [-0.3, -0.25) is 14.5 Å². The second kappa shape index (κ2) is 9.53. The minimum absolute atomic E-state index is 0.0239. The number of nitrogens with one attached hydrogen (secondary N) is 1. The first kappa shape index (κ1) is 20.2. The van der Waals surface area contributed by atoms with Gasteiger partial charge in [0.1, 0.15) is 0 Å². The minimum Gasteiger partial charge on any atom is -0.353 e. The first-order valence-electron chi connectivity index (χ1n) is 9.91. The Morgan fingerprint density at radius 3 is 2.08 bits per heavy atom. The molecule has 25 heavy (non-hydrogen) atoms. The third-order valence-corrected chi connectivity index (χ3v) is 5.50. The normalized spacial score (nSPS) is 21.1. The number of hydrogen-bond donors (Lipinski definition) is 1. The van der Waals surface area contributed by atoms with E-state index in [1.807, 2.05) is 18.7 Å². The van der Waals surface area contributed by atoms with Crippen molar-refractivity contribution >= 4 is 11.8 Å². The molecule has 6 nitrogen and oxygen atoms in total. The van der Waals surface area contributed by atoms with Gasteiger partial charge in [-0.1, -0.05) is 13.8 Å². The maximum absolute atomic E-state index is 12.5. The van der Waals surface area contributed by atoms with Crippen LogP contribution in [0.25, 0.3) is 0 Å². The Morgan fingerprint density at radius 2 is 1.56 bits per heavy atom. The summed E-state index contributed by atoms with van der Waals surface area (Å²) in [5, 5.41) is 3.08. The highest BCUT2D eigenvalue weighted by atomic mass is 16.2. The van der Waals surface area contributed by atoms with E-state index < -0.39 is 0 Å². The van der Waals surface area contributed by atoms with E-state index in [4.69, 9.17) is 0 Å². The molecule has 2 aliphatic rings. The zero-order valence-corrected chi connectivity index (χ0v) is 16.5. The molecule has 144 valence electrons. The lowest BCUT2D eigenvalue weighted by atomic mass is 10.0. The lowest BCUT2D eigenvalue weighted by molar-refractivity contribution is -0.133. The van der Waals surface area contributed by atoms with Crippen LogP contribution in [0.1, 0.15) is 47.0 Å². The van der Waals surface area contributed by atoms with Gasteiger partial charge in [0.2, 0.25) is 11.8 Å². The van der Waals surface area contributed by atoms with Crippen molar-refractivity contribution < 1.29 is 9.59 Å². The van der Waals surface area contributed by atoms with Crippen LogP contribution in [0.15, 0.2) is 0 Å². The maximum atomic E-state index is 12.5. The smallest absolute Gasteiger partial charge is 0.223 e. The molecule has 1 N–H and O–H groups in total. The molecule has 2 saturated heterocycles. The van der Waals surface area contributed by atoms with E-state index in [0.717, 1.165) is 58.7 Å². The molecular weight excluding hydrogens is 316 g/mol. The van der Waals surface area contributed by atoms with Gasteiger partial charge >= 0.3 is 0 Å². The molecule has 6 heteroatoms. The fraction of sp³-hybridized carbons (Fsp3) is 0.895. The summed E-state index contributed by atoms with van der Waals surface area (Å²) in [6.45, 7) is 15.0. The quantitative estimate of drug-likeness (QED) is 0.780. The van der Waals surface area contributed by atoms with Gasteiger partial charge in [-0.15, -0.1) is 0 Å². The van der Waals surface area contributed by atoms with Crippen molar-refractivity contribution in [3.05, 3.63) is 0 Å². The summed E-state index contributed by atoms with van der Waals surface area (Å²) in [7, 11) is 0. The lowest BCUT2D eigenvalue weighted by Gasteiger charge is -2.37. The summed E-state index contributed by atoms with van der Waals surface area (Å²) in [4.78, 5) is 31.1. The fourth-order valence-electron chi connectivity index (χ4n) is 3.56. The largest absolute Gasteiger partial charge is 0.353 e. The van der Waals surface area contributed by atoms with E-state index in [-0.39, 0.29) is 23.8 Å². The van der Waals surface area contributed by atoms with E-state index in [9.17, 15) is 9.59 Å². The number of rotatable bonds is 6. The molecule has 0 bridgehead atoms. The highest BCUT2D eigenvalue weighted by Gasteiger charge is 2.25. The van der Waals surface area contributed by atoms with Gasteiger partial charge in [0.05, 0.1) is 0 Å². The van der Waals surface area contributed by atoms with Crippen molar-refractivity contribution in [2.24, 2.45) is 5.92 Å². The van der Waals surface area contributed by atoms with Gasteiger partial charge in [0.25, 0.3) is 0 Å². The molecular formula is C19H36N4O2. The molecule has 0 spiro atoms. The highest BCUT2D eigenvalue weighted by Crippen LogP contribution is 2.13. The number of amides is 2. The second-order valence-electron chi connectivity index (χ2n) is 8.04. The zero-order valence-electron chi connectivity index (χ0n) is 16.5. The van der Waals surface area contributed by atoms with Crippen LogP contribution in [0.4, 0.5) is 0 Å². The molecule has 2 heterocycles.